The van der Waals surface area contributed by atoms with Crippen LogP contribution in [-0.4, -0.2) is 0 Å². The highest BCUT2D eigenvalue weighted by molar-refractivity contribution is 5.27. The van der Waals surface area contributed by atoms with Gasteiger partial charge in [-0.1, -0.05) is 36.4 Å². The molecule has 0 bridgehead atoms. The second-order valence-corrected chi connectivity index (χ2v) is 3.36. The molecule has 0 heterocycles. The maximum Gasteiger partial charge on any atom is 0.126 e. The lowest BCUT2D eigenvalue weighted by Gasteiger charge is -2.04. The number of benzene rings is 2. The summed E-state index contributed by atoms with van der Waals surface area (Å²) >= 11 is 0. The van der Waals surface area contributed by atoms with Crippen LogP contribution < -0.4 is 0 Å². The molecule has 0 aromatic heterocycles. The third kappa shape index (κ3) is 2.21. The van der Waals surface area contributed by atoms with Crippen molar-refractivity contribution in [2.45, 2.75) is 6.42 Å². The van der Waals surface area contributed by atoms with Gasteiger partial charge in [-0.25, -0.2) is 8.78 Å². The van der Waals surface area contributed by atoms with Gasteiger partial charge in [0.2, 0.25) is 0 Å². The average Bonchev–Trinajstić information content (AvgIpc) is 2.24. The van der Waals surface area contributed by atoms with E-state index in [1.54, 1.807) is 36.4 Å². The Hall–Kier alpha value is -1.70. The SMILES string of the molecule is Fc1ccccc1Cc1ccccc1F. The molecule has 0 aliphatic carbocycles. The highest BCUT2D eigenvalue weighted by Gasteiger charge is 2.05. The number of hydrogen-bond acceptors (Lipinski definition) is 0. The lowest BCUT2D eigenvalue weighted by molar-refractivity contribution is 0.599. The zero-order valence-electron chi connectivity index (χ0n) is 8.08. The standard InChI is InChI=1S/C13H10F2/c14-12-7-3-1-5-10(12)9-11-6-2-4-8-13(11)15/h1-8H,9H2. The normalized spacial score (nSPS) is 10.3. The Morgan fingerprint density at radius 2 is 1.07 bits per heavy atom. The van der Waals surface area contributed by atoms with Crippen molar-refractivity contribution >= 4 is 0 Å². The second kappa shape index (κ2) is 4.22. The molecule has 15 heavy (non-hydrogen) atoms. The molecule has 0 saturated carbocycles. The van der Waals surface area contributed by atoms with E-state index in [1.807, 2.05) is 0 Å². The number of halogens is 2. The van der Waals surface area contributed by atoms with Gasteiger partial charge in [-0.3, -0.25) is 0 Å². The fourth-order valence-electron chi connectivity index (χ4n) is 1.49. The Morgan fingerprint density at radius 3 is 1.47 bits per heavy atom. The van der Waals surface area contributed by atoms with Crippen molar-refractivity contribution in [2.24, 2.45) is 0 Å². The summed E-state index contributed by atoms with van der Waals surface area (Å²) in [7, 11) is 0. The molecule has 76 valence electrons. The summed E-state index contributed by atoms with van der Waals surface area (Å²) in [6, 6.07) is 12.9. The maximum absolute atomic E-state index is 13.3. The van der Waals surface area contributed by atoms with Gasteiger partial charge >= 0.3 is 0 Å². The minimum atomic E-state index is -0.291. The third-order valence-electron chi connectivity index (χ3n) is 2.30. The van der Waals surface area contributed by atoms with E-state index in [0.29, 0.717) is 17.5 Å². The van der Waals surface area contributed by atoms with Gasteiger partial charge in [-0.05, 0) is 23.3 Å². The van der Waals surface area contributed by atoms with Crippen LogP contribution in [0, 0.1) is 11.6 Å². The minimum absolute atomic E-state index is 0.291. The lowest BCUT2D eigenvalue weighted by Crippen LogP contribution is -1.94. The van der Waals surface area contributed by atoms with Crippen molar-refractivity contribution < 1.29 is 8.78 Å². The first-order valence-corrected chi connectivity index (χ1v) is 4.74. The summed E-state index contributed by atoms with van der Waals surface area (Å²) in [6.07, 6.45) is 0.291. The minimum Gasteiger partial charge on any atom is -0.207 e. The van der Waals surface area contributed by atoms with Crippen molar-refractivity contribution in [3.8, 4) is 0 Å². The van der Waals surface area contributed by atoms with E-state index >= 15 is 0 Å². The predicted molar refractivity (Wildman–Crippen MR) is 55.6 cm³/mol. The van der Waals surface area contributed by atoms with Gasteiger partial charge in [-0.15, -0.1) is 0 Å². The molecule has 2 aromatic carbocycles. The van der Waals surface area contributed by atoms with Crippen LogP contribution in [0.15, 0.2) is 48.5 Å². The van der Waals surface area contributed by atoms with Crippen molar-refractivity contribution in [1.82, 2.24) is 0 Å². The van der Waals surface area contributed by atoms with Gasteiger partial charge < -0.3 is 0 Å². The molecule has 2 aromatic rings. The maximum atomic E-state index is 13.3. The van der Waals surface area contributed by atoms with E-state index in [0.717, 1.165) is 0 Å². The Morgan fingerprint density at radius 1 is 0.667 bits per heavy atom. The van der Waals surface area contributed by atoms with E-state index < -0.39 is 0 Å². The first-order chi connectivity index (χ1) is 7.27. The average molecular weight is 204 g/mol. The summed E-state index contributed by atoms with van der Waals surface area (Å²) in [5, 5.41) is 0. The van der Waals surface area contributed by atoms with Crippen LogP contribution in [0.4, 0.5) is 8.78 Å². The molecule has 0 amide bonds. The first kappa shape index (κ1) is 9.84. The zero-order valence-corrected chi connectivity index (χ0v) is 8.08. The molecule has 0 atom stereocenters. The smallest absolute Gasteiger partial charge is 0.126 e. The second-order valence-electron chi connectivity index (χ2n) is 3.36. The van der Waals surface area contributed by atoms with Gasteiger partial charge in [0.05, 0.1) is 0 Å². The van der Waals surface area contributed by atoms with Crippen LogP contribution in [0.5, 0.6) is 0 Å². The van der Waals surface area contributed by atoms with E-state index in [2.05, 4.69) is 0 Å². The predicted octanol–water partition coefficient (Wildman–Crippen LogP) is 3.56. The van der Waals surface area contributed by atoms with Crippen molar-refractivity contribution in [3.63, 3.8) is 0 Å². The van der Waals surface area contributed by atoms with Gasteiger partial charge in [0.15, 0.2) is 0 Å². The molecular weight excluding hydrogens is 194 g/mol. The summed E-state index contributed by atoms with van der Waals surface area (Å²) in [5.74, 6) is -0.582. The number of hydrogen-bond donors (Lipinski definition) is 0. The van der Waals surface area contributed by atoms with Crippen LogP contribution in [0.3, 0.4) is 0 Å². The van der Waals surface area contributed by atoms with Crippen molar-refractivity contribution in [3.05, 3.63) is 71.3 Å². The van der Waals surface area contributed by atoms with Crippen molar-refractivity contribution in [1.29, 1.82) is 0 Å². The van der Waals surface area contributed by atoms with Gasteiger partial charge in [0.1, 0.15) is 11.6 Å². The molecule has 0 N–H and O–H groups in total. The topological polar surface area (TPSA) is 0 Å². The summed E-state index contributed by atoms with van der Waals surface area (Å²) in [5.41, 5.74) is 1.03. The molecule has 0 radical (unpaired) electrons. The van der Waals surface area contributed by atoms with Crippen LogP contribution >= 0.6 is 0 Å². The van der Waals surface area contributed by atoms with E-state index in [1.165, 1.54) is 12.1 Å². The molecule has 0 saturated heterocycles. The highest BCUT2D eigenvalue weighted by Crippen LogP contribution is 2.15. The van der Waals surface area contributed by atoms with Crippen LogP contribution in [-0.2, 0) is 6.42 Å². The molecular formula is C13H10F2. The Bertz CT molecular complexity index is 420. The fourth-order valence-corrected chi connectivity index (χ4v) is 1.49. The molecule has 0 spiro atoms. The number of rotatable bonds is 2. The molecule has 2 rings (SSSR count). The van der Waals surface area contributed by atoms with E-state index in [9.17, 15) is 8.78 Å². The van der Waals surface area contributed by atoms with Gasteiger partial charge in [-0.2, -0.15) is 0 Å². The molecule has 2 heteroatoms. The Kier molecular flexibility index (Phi) is 2.77. The quantitative estimate of drug-likeness (QED) is 0.701. The van der Waals surface area contributed by atoms with Crippen LogP contribution in [0.2, 0.25) is 0 Å². The third-order valence-corrected chi connectivity index (χ3v) is 2.30. The van der Waals surface area contributed by atoms with Crippen LogP contribution in [0.1, 0.15) is 11.1 Å². The summed E-state index contributed by atoms with van der Waals surface area (Å²) in [4.78, 5) is 0. The Balaban J connectivity index is 2.30. The van der Waals surface area contributed by atoms with Crippen molar-refractivity contribution in [2.75, 3.05) is 0 Å². The van der Waals surface area contributed by atoms with E-state index in [-0.39, 0.29) is 11.6 Å². The van der Waals surface area contributed by atoms with Gasteiger partial charge in [0, 0.05) is 6.42 Å². The largest absolute Gasteiger partial charge is 0.207 e. The fraction of sp³-hybridized carbons (Fsp3) is 0.0769. The molecule has 0 nitrogen and oxygen atoms in total. The zero-order chi connectivity index (χ0) is 10.7. The summed E-state index contributed by atoms with van der Waals surface area (Å²) < 4.78 is 26.6. The van der Waals surface area contributed by atoms with Crippen LogP contribution in [0.25, 0.3) is 0 Å². The molecule has 0 unspecified atom stereocenters. The summed E-state index contributed by atoms with van der Waals surface area (Å²) in [6.45, 7) is 0. The molecule has 0 aliphatic heterocycles. The monoisotopic (exact) mass is 204 g/mol. The van der Waals surface area contributed by atoms with Gasteiger partial charge in [0.25, 0.3) is 0 Å². The van der Waals surface area contributed by atoms with E-state index in [4.69, 9.17) is 0 Å². The molecule has 0 aliphatic rings. The molecule has 0 fully saturated rings. The lowest BCUT2D eigenvalue weighted by atomic mass is 10.0. The highest BCUT2D eigenvalue weighted by atomic mass is 19.1. The Labute approximate surface area is 87.2 Å². The first-order valence-electron chi connectivity index (χ1n) is 4.74.